The van der Waals surface area contributed by atoms with Crippen LogP contribution in [0.2, 0.25) is 5.02 Å². The van der Waals surface area contributed by atoms with E-state index >= 15 is 0 Å². The van der Waals surface area contributed by atoms with Gasteiger partial charge in [0.1, 0.15) is 0 Å². The van der Waals surface area contributed by atoms with E-state index in [1.807, 2.05) is 12.1 Å². The molecule has 0 aliphatic carbocycles. The molecule has 1 fully saturated rings. The Labute approximate surface area is 126 Å². The summed E-state index contributed by atoms with van der Waals surface area (Å²) in [4.78, 5) is 0. The topological polar surface area (TPSA) is 12.0 Å². The molecule has 1 aliphatic heterocycles. The van der Waals surface area contributed by atoms with Gasteiger partial charge in [-0.1, -0.05) is 37.1 Å². The SMILES string of the molecule is CCCC(NCC1(C)CCCS1)c1ccc(Cl)cc1. The molecule has 2 unspecified atom stereocenters. The summed E-state index contributed by atoms with van der Waals surface area (Å²) in [5.41, 5.74) is 1.36. The molecule has 3 heteroatoms. The first kappa shape index (κ1) is 15.2. The molecule has 1 aliphatic rings. The van der Waals surface area contributed by atoms with Crippen LogP contribution < -0.4 is 5.32 Å². The van der Waals surface area contributed by atoms with E-state index < -0.39 is 0 Å². The normalized spacial score (nSPS) is 24.6. The summed E-state index contributed by atoms with van der Waals surface area (Å²) >= 11 is 8.09. The van der Waals surface area contributed by atoms with Gasteiger partial charge < -0.3 is 5.32 Å². The molecule has 2 rings (SSSR count). The molecule has 1 saturated heterocycles. The van der Waals surface area contributed by atoms with Gasteiger partial charge in [-0.25, -0.2) is 0 Å². The maximum Gasteiger partial charge on any atom is 0.0406 e. The van der Waals surface area contributed by atoms with E-state index in [0.717, 1.165) is 11.6 Å². The van der Waals surface area contributed by atoms with Gasteiger partial charge in [0.25, 0.3) is 0 Å². The van der Waals surface area contributed by atoms with Gasteiger partial charge in [-0.3, -0.25) is 0 Å². The van der Waals surface area contributed by atoms with Crippen LogP contribution in [0.15, 0.2) is 24.3 Å². The first-order chi connectivity index (χ1) is 9.13. The first-order valence-corrected chi connectivity index (χ1v) is 8.62. The molecule has 0 aromatic heterocycles. The Kier molecular flexibility index (Phi) is 5.61. The zero-order valence-electron chi connectivity index (χ0n) is 11.9. The van der Waals surface area contributed by atoms with Gasteiger partial charge in [-0.2, -0.15) is 11.8 Å². The maximum absolute atomic E-state index is 5.97. The van der Waals surface area contributed by atoms with Gasteiger partial charge in [0.2, 0.25) is 0 Å². The van der Waals surface area contributed by atoms with Crippen LogP contribution in [0.1, 0.15) is 51.1 Å². The highest BCUT2D eigenvalue weighted by molar-refractivity contribution is 8.00. The Hall–Kier alpha value is -0.180. The summed E-state index contributed by atoms with van der Waals surface area (Å²) in [7, 11) is 0. The summed E-state index contributed by atoms with van der Waals surface area (Å²) in [6.45, 7) is 5.74. The van der Waals surface area contributed by atoms with Gasteiger partial charge >= 0.3 is 0 Å². The second-order valence-electron chi connectivity index (χ2n) is 5.68. The molecule has 0 spiro atoms. The molecule has 19 heavy (non-hydrogen) atoms. The minimum absolute atomic E-state index is 0.429. The molecule has 0 bridgehead atoms. The monoisotopic (exact) mass is 297 g/mol. The minimum atomic E-state index is 0.429. The van der Waals surface area contributed by atoms with Gasteiger partial charge in [-0.15, -0.1) is 0 Å². The third-order valence-corrected chi connectivity index (χ3v) is 5.66. The highest BCUT2D eigenvalue weighted by Gasteiger charge is 2.29. The van der Waals surface area contributed by atoms with Crippen molar-refractivity contribution in [1.29, 1.82) is 0 Å². The van der Waals surface area contributed by atoms with Crippen LogP contribution in [0.4, 0.5) is 0 Å². The Balaban J connectivity index is 1.97. The molecule has 1 aromatic rings. The van der Waals surface area contributed by atoms with Gasteiger partial charge in [-0.05, 0) is 49.6 Å². The van der Waals surface area contributed by atoms with E-state index in [1.54, 1.807) is 0 Å². The van der Waals surface area contributed by atoms with Crippen LogP contribution in [-0.4, -0.2) is 17.0 Å². The molecule has 2 atom stereocenters. The zero-order chi connectivity index (χ0) is 13.7. The first-order valence-electron chi connectivity index (χ1n) is 7.26. The molecule has 0 amide bonds. The number of nitrogens with one attached hydrogen (secondary N) is 1. The predicted octanol–water partition coefficient (Wildman–Crippen LogP) is 5.06. The smallest absolute Gasteiger partial charge is 0.0406 e. The number of thioether (sulfide) groups is 1. The van der Waals surface area contributed by atoms with Crippen molar-refractivity contribution in [3.63, 3.8) is 0 Å². The molecule has 1 nitrogen and oxygen atoms in total. The van der Waals surface area contributed by atoms with Crippen molar-refractivity contribution in [2.24, 2.45) is 0 Å². The lowest BCUT2D eigenvalue weighted by Crippen LogP contribution is -2.35. The third kappa shape index (κ3) is 4.40. The zero-order valence-corrected chi connectivity index (χ0v) is 13.5. The summed E-state index contributed by atoms with van der Waals surface area (Å²) in [6.07, 6.45) is 5.08. The predicted molar refractivity (Wildman–Crippen MR) is 87.2 cm³/mol. The highest BCUT2D eigenvalue weighted by Crippen LogP contribution is 2.37. The van der Waals surface area contributed by atoms with Crippen molar-refractivity contribution in [3.05, 3.63) is 34.9 Å². The molecule has 1 N–H and O–H groups in total. The minimum Gasteiger partial charge on any atom is -0.309 e. The Morgan fingerprint density at radius 1 is 1.37 bits per heavy atom. The van der Waals surface area contributed by atoms with Gasteiger partial charge in [0, 0.05) is 22.4 Å². The van der Waals surface area contributed by atoms with E-state index in [9.17, 15) is 0 Å². The second-order valence-corrected chi connectivity index (χ2v) is 7.79. The fraction of sp³-hybridized carbons (Fsp3) is 0.625. The second kappa shape index (κ2) is 7.01. The maximum atomic E-state index is 5.97. The van der Waals surface area contributed by atoms with Crippen LogP contribution in [0, 0.1) is 0 Å². The standard InChI is InChI=1S/C16H24ClNS/c1-3-5-15(13-6-8-14(17)9-7-13)18-12-16(2)10-4-11-19-16/h6-9,15,18H,3-5,10-12H2,1-2H3. The number of hydrogen-bond donors (Lipinski definition) is 1. The lowest BCUT2D eigenvalue weighted by Gasteiger charge is -2.27. The summed E-state index contributed by atoms with van der Waals surface area (Å²) in [6, 6.07) is 8.75. The fourth-order valence-corrected chi connectivity index (χ4v) is 4.07. The van der Waals surface area contributed by atoms with E-state index in [4.69, 9.17) is 11.6 Å². The Morgan fingerprint density at radius 2 is 2.11 bits per heavy atom. The van der Waals surface area contributed by atoms with E-state index in [-0.39, 0.29) is 0 Å². The Morgan fingerprint density at radius 3 is 2.68 bits per heavy atom. The largest absolute Gasteiger partial charge is 0.309 e. The number of rotatable bonds is 6. The number of hydrogen-bond acceptors (Lipinski definition) is 2. The summed E-state index contributed by atoms with van der Waals surface area (Å²) in [5, 5.41) is 4.59. The van der Waals surface area contributed by atoms with Crippen molar-refractivity contribution in [2.75, 3.05) is 12.3 Å². The molecule has 106 valence electrons. The molecule has 0 saturated carbocycles. The third-order valence-electron chi connectivity index (χ3n) is 3.87. The van der Waals surface area contributed by atoms with Crippen LogP contribution in [0.25, 0.3) is 0 Å². The average Bonchev–Trinajstić information content (AvgIpc) is 2.83. The lowest BCUT2D eigenvalue weighted by atomic mass is 10.00. The number of benzene rings is 1. The van der Waals surface area contributed by atoms with Crippen molar-refractivity contribution < 1.29 is 0 Å². The van der Waals surface area contributed by atoms with Crippen molar-refractivity contribution in [1.82, 2.24) is 5.32 Å². The van der Waals surface area contributed by atoms with Crippen molar-refractivity contribution in [2.45, 2.75) is 50.3 Å². The van der Waals surface area contributed by atoms with Crippen LogP contribution in [0.3, 0.4) is 0 Å². The molecular formula is C16H24ClNS. The lowest BCUT2D eigenvalue weighted by molar-refractivity contribution is 0.448. The van der Waals surface area contributed by atoms with Crippen molar-refractivity contribution >= 4 is 23.4 Å². The van der Waals surface area contributed by atoms with Crippen LogP contribution >= 0.6 is 23.4 Å². The number of halogens is 1. The molecular weight excluding hydrogens is 274 g/mol. The van der Waals surface area contributed by atoms with E-state index in [1.165, 1.54) is 37.0 Å². The summed E-state index contributed by atoms with van der Waals surface area (Å²) in [5.74, 6) is 1.32. The van der Waals surface area contributed by atoms with Crippen molar-refractivity contribution in [3.8, 4) is 0 Å². The van der Waals surface area contributed by atoms with E-state index in [0.29, 0.717) is 10.8 Å². The van der Waals surface area contributed by atoms with Gasteiger partial charge in [0.15, 0.2) is 0 Å². The van der Waals surface area contributed by atoms with E-state index in [2.05, 4.69) is 43.1 Å². The highest BCUT2D eigenvalue weighted by atomic mass is 35.5. The van der Waals surface area contributed by atoms with Crippen LogP contribution in [0.5, 0.6) is 0 Å². The average molecular weight is 298 g/mol. The fourth-order valence-electron chi connectivity index (χ4n) is 2.69. The quantitative estimate of drug-likeness (QED) is 0.788. The summed E-state index contributed by atoms with van der Waals surface area (Å²) < 4.78 is 0.429. The molecule has 1 aromatic carbocycles. The van der Waals surface area contributed by atoms with Gasteiger partial charge in [0.05, 0.1) is 0 Å². The molecule has 1 heterocycles. The molecule has 0 radical (unpaired) electrons. The Bertz CT molecular complexity index is 384. The van der Waals surface area contributed by atoms with Crippen LogP contribution in [-0.2, 0) is 0 Å².